The zero-order valence-corrected chi connectivity index (χ0v) is 20.0. The lowest BCUT2D eigenvalue weighted by atomic mass is 9.95. The first kappa shape index (κ1) is 22.8. The summed E-state index contributed by atoms with van der Waals surface area (Å²) in [5, 5.41) is 11.4. The molecule has 0 aliphatic carbocycles. The maximum Gasteiger partial charge on any atom is 0.255 e. The van der Waals surface area contributed by atoms with Crippen molar-refractivity contribution < 1.29 is 9.18 Å². The van der Waals surface area contributed by atoms with E-state index >= 15 is 0 Å². The van der Waals surface area contributed by atoms with E-state index in [2.05, 4.69) is 20.6 Å². The topological polar surface area (TPSA) is 84.7 Å². The summed E-state index contributed by atoms with van der Waals surface area (Å²) in [6.07, 6.45) is 3.38. The van der Waals surface area contributed by atoms with Gasteiger partial charge in [0, 0.05) is 29.5 Å². The Bertz CT molecular complexity index is 1420. The molecule has 7 nitrogen and oxygen atoms in total. The number of benzene rings is 2. The van der Waals surface area contributed by atoms with Crippen molar-refractivity contribution in [1.29, 1.82) is 0 Å². The quantitative estimate of drug-likeness (QED) is 0.358. The first-order valence-corrected chi connectivity index (χ1v) is 12.1. The molecule has 1 unspecified atom stereocenters. The van der Waals surface area contributed by atoms with Crippen LogP contribution in [0.25, 0.3) is 0 Å². The van der Waals surface area contributed by atoms with E-state index in [1.54, 1.807) is 35.3 Å². The number of thioether (sulfide) groups is 1. The van der Waals surface area contributed by atoms with Gasteiger partial charge < -0.3 is 10.6 Å². The molecule has 0 spiro atoms. The number of anilines is 2. The van der Waals surface area contributed by atoms with Crippen LogP contribution in [-0.4, -0.2) is 25.7 Å². The number of amides is 1. The second-order valence-corrected chi connectivity index (χ2v) is 9.10. The molecule has 3 heterocycles. The minimum absolute atomic E-state index is 0.229. The van der Waals surface area contributed by atoms with Gasteiger partial charge in [-0.1, -0.05) is 48.2 Å². The molecule has 0 saturated heterocycles. The van der Waals surface area contributed by atoms with Crippen LogP contribution in [0.4, 0.5) is 16.0 Å². The molecule has 1 amide bonds. The standard InChI is InChI=1S/C26H23FN6OS/c1-16-7-3-6-10-21(16)30-24(34)22-17(2)29-25-31-26(35-15-19-8-4-5-9-20(19)27)32-33(25)23(22)18-11-13-28-14-12-18/h3-14,23H,15H2,1-2H3,(H,30,34)(H,29,31,32). The zero-order chi connectivity index (χ0) is 24.4. The van der Waals surface area contributed by atoms with Gasteiger partial charge in [-0.2, -0.15) is 4.98 Å². The van der Waals surface area contributed by atoms with Crippen LogP contribution in [0.3, 0.4) is 0 Å². The van der Waals surface area contributed by atoms with Gasteiger partial charge in [-0.3, -0.25) is 9.78 Å². The highest BCUT2D eigenvalue weighted by molar-refractivity contribution is 7.98. The summed E-state index contributed by atoms with van der Waals surface area (Å²) in [5.41, 5.74) is 4.36. The van der Waals surface area contributed by atoms with Crippen LogP contribution in [-0.2, 0) is 10.5 Å². The first-order chi connectivity index (χ1) is 17.0. The van der Waals surface area contributed by atoms with Crippen molar-refractivity contribution >= 4 is 29.3 Å². The van der Waals surface area contributed by atoms with E-state index in [1.807, 2.05) is 50.2 Å². The molecule has 0 fully saturated rings. The van der Waals surface area contributed by atoms with E-state index in [-0.39, 0.29) is 11.7 Å². The number of pyridine rings is 1. The number of halogens is 1. The van der Waals surface area contributed by atoms with Crippen LogP contribution in [0, 0.1) is 12.7 Å². The van der Waals surface area contributed by atoms with Gasteiger partial charge in [0.1, 0.15) is 11.9 Å². The highest BCUT2D eigenvalue weighted by atomic mass is 32.2. The maximum absolute atomic E-state index is 14.1. The van der Waals surface area contributed by atoms with E-state index in [0.717, 1.165) is 16.8 Å². The van der Waals surface area contributed by atoms with Gasteiger partial charge in [0.25, 0.3) is 5.91 Å². The average molecular weight is 487 g/mol. The number of aryl methyl sites for hydroxylation is 1. The summed E-state index contributed by atoms with van der Waals surface area (Å²) in [4.78, 5) is 22.3. The molecule has 9 heteroatoms. The number of carbonyl (C=O) groups is 1. The number of nitrogens with zero attached hydrogens (tertiary/aromatic N) is 4. The van der Waals surface area contributed by atoms with Gasteiger partial charge in [0.15, 0.2) is 0 Å². The Morgan fingerprint density at radius 2 is 1.83 bits per heavy atom. The van der Waals surface area contributed by atoms with Crippen LogP contribution in [0.15, 0.2) is 89.5 Å². The van der Waals surface area contributed by atoms with Crippen molar-refractivity contribution in [3.63, 3.8) is 0 Å². The number of rotatable bonds is 6. The fourth-order valence-corrected chi connectivity index (χ4v) is 4.82. The molecule has 0 radical (unpaired) electrons. The molecule has 0 bridgehead atoms. The lowest BCUT2D eigenvalue weighted by Gasteiger charge is -2.28. The average Bonchev–Trinajstić information content (AvgIpc) is 3.27. The summed E-state index contributed by atoms with van der Waals surface area (Å²) >= 11 is 1.34. The van der Waals surface area contributed by atoms with Crippen LogP contribution in [0.1, 0.15) is 29.7 Å². The Morgan fingerprint density at radius 3 is 2.60 bits per heavy atom. The second kappa shape index (κ2) is 9.71. The van der Waals surface area contributed by atoms with E-state index in [0.29, 0.717) is 33.7 Å². The predicted octanol–water partition coefficient (Wildman–Crippen LogP) is 5.34. The minimum Gasteiger partial charge on any atom is -0.328 e. The normalized spacial score (nSPS) is 14.9. The van der Waals surface area contributed by atoms with Crippen LogP contribution >= 0.6 is 11.8 Å². The van der Waals surface area contributed by atoms with Crippen LogP contribution in [0.5, 0.6) is 0 Å². The molecule has 4 aromatic rings. The lowest BCUT2D eigenvalue weighted by Crippen LogP contribution is -2.31. The SMILES string of the molecule is CC1=C(C(=O)Nc2ccccc2C)C(c2ccncc2)n2nc(SCc3ccccc3F)nc2N1. The van der Waals surface area contributed by atoms with Gasteiger partial charge in [-0.15, -0.1) is 5.10 Å². The number of para-hydroxylation sites is 1. The number of nitrogens with one attached hydrogen (secondary N) is 2. The molecule has 2 N–H and O–H groups in total. The summed E-state index contributed by atoms with van der Waals surface area (Å²) in [5.74, 6) is 0.424. The lowest BCUT2D eigenvalue weighted by molar-refractivity contribution is -0.113. The second-order valence-electron chi connectivity index (χ2n) is 8.16. The molecular weight excluding hydrogens is 463 g/mol. The molecule has 0 saturated carbocycles. The third kappa shape index (κ3) is 4.67. The van der Waals surface area contributed by atoms with E-state index in [1.165, 1.54) is 17.8 Å². The Balaban J connectivity index is 1.49. The molecular formula is C26H23FN6OS. The Kier molecular flexibility index (Phi) is 6.33. The molecule has 35 heavy (non-hydrogen) atoms. The molecule has 176 valence electrons. The maximum atomic E-state index is 14.1. The van der Waals surface area contributed by atoms with Crippen LogP contribution in [0.2, 0.25) is 0 Å². The van der Waals surface area contributed by atoms with Crippen molar-refractivity contribution in [3.05, 3.63) is 107 Å². The summed E-state index contributed by atoms with van der Waals surface area (Å²) in [6, 6.07) is 17.5. The Morgan fingerprint density at radius 1 is 1.09 bits per heavy atom. The van der Waals surface area contributed by atoms with Crippen molar-refractivity contribution in [2.24, 2.45) is 0 Å². The van der Waals surface area contributed by atoms with Crippen molar-refractivity contribution in [2.45, 2.75) is 30.8 Å². The molecule has 5 rings (SSSR count). The summed E-state index contributed by atoms with van der Waals surface area (Å²) in [7, 11) is 0. The van der Waals surface area contributed by atoms with Crippen molar-refractivity contribution in [2.75, 3.05) is 10.6 Å². The third-order valence-electron chi connectivity index (χ3n) is 5.81. The number of carbonyl (C=O) groups excluding carboxylic acids is 1. The zero-order valence-electron chi connectivity index (χ0n) is 19.2. The summed E-state index contributed by atoms with van der Waals surface area (Å²) in [6.45, 7) is 3.80. The smallest absolute Gasteiger partial charge is 0.255 e. The number of fused-ring (bicyclic) bond motifs is 1. The monoisotopic (exact) mass is 486 g/mol. The fourth-order valence-electron chi connectivity index (χ4n) is 4.00. The van der Waals surface area contributed by atoms with Gasteiger partial charge in [0.05, 0.1) is 5.57 Å². The van der Waals surface area contributed by atoms with Crippen LogP contribution < -0.4 is 10.6 Å². The largest absolute Gasteiger partial charge is 0.328 e. The number of allylic oxidation sites excluding steroid dienone is 1. The van der Waals surface area contributed by atoms with Crippen molar-refractivity contribution in [3.8, 4) is 0 Å². The molecule has 1 aliphatic rings. The van der Waals surface area contributed by atoms with Gasteiger partial charge in [-0.25, -0.2) is 9.07 Å². The molecule has 1 aliphatic heterocycles. The Labute approximate surface area is 206 Å². The number of aromatic nitrogens is 4. The Hall–Kier alpha value is -3.98. The minimum atomic E-state index is -0.506. The van der Waals surface area contributed by atoms with Gasteiger partial charge >= 0.3 is 0 Å². The molecule has 2 aromatic heterocycles. The predicted molar refractivity (Wildman–Crippen MR) is 134 cm³/mol. The highest BCUT2D eigenvalue weighted by Gasteiger charge is 2.34. The highest BCUT2D eigenvalue weighted by Crippen LogP contribution is 2.37. The number of hydrogen-bond donors (Lipinski definition) is 2. The van der Waals surface area contributed by atoms with E-state index in [9.17, 15) is 9.18 Å². The van der Waals surface area contributed by atoms with Gasteiger partial charge in [-0.05, 0) is 54.8 Å². The molecule has 2 aromatic carbocycles. The number of hydrogen-bond acceptors (Lipinski definition) is 6. The van der Waals surface area contributed by atoms with E-state index in [4.69, 9.17) is 5.10 Å². The molecule has 1 atom stereocenters. The first-order valence-electron chi connectivity index (χ1n) is 11.1. The third-order valence-corrected chi connectivity index (χ3v) is 6.69. The van der Waals surface area contributed by atoms with E-state index < -0.39 is 6.04 Å². The van der Waals surface area contributed by atoms with Crippen molar-refractivity contribution in [1.82, 2.24) is 19.7 Å². The summed E-state index contributed by atoms with van der Waals surface area (Å²) < 4.78 is 15.8. The van der Waals surface area contributed by atoms with Gasteiger partial charge in [0.2, 0.25) is 11.1 Å². The fraction of sp³-hybridized carbons (Fsp3) is 0.154.